The van der Waals surface area contributed by atoms with Gasteiger partial charge in [-0.15, -0.1) is 11.8 Å². The van der Waals surface area contributed by atoms with Gasteiger partial charge < -0.3 is 4.74 Å². The first-order valence-corrected chi connectivity index (χ1v) is 10.5. The van der Waals surface area contributed by atoms with Crippen molar-refractivity contribution < 1.29 is 22.9 Å². The maximum absolute atomic E-state index is 11.9. The van der Waals surface area contributed by atoms with Crippen molar-refractivity contribution >= 4 is 33.3 Å². The van der Waals surface area contributed by atoms with Gasteiger partial charge >= 0.3 is 5.97 Å². The van der Waals surface area contributed by atoms with E-state index in [1.54, 1.807) is 0 Å². The molecule has 1 saturated carbocycles. The molecule has 1 aliphatic rings. The van der Waals surface area contributed by atoms with Crippen LogP contribution >= 0.6 is 11.8 Å². The molecule has 0 aromatic heterocycles. The molecule has 0 unspecified atom stereocenters. The summed E-state index contributed by atoms with van der Waals surface area (Å²) >= 11 is 0.980. The first-order chi connectivity index (χ1) is 11.3. The van der Waals surface area contributed by atoms with Crippen LogP contribution in [0.1, 0.15) is 32.1 Å². The van der Waals surface area contributed by atoms with Gasteiger partial charge in [0.05, 0.1) is 20.5 Å². The number of sulfone groups is 1. The van der Waals surface area contributed by atoms with E-state index in [2.05, 4.69) is 0 Å². The lowest BCUT2D eigenvalue weighted by Crippen LogP contribution is -2.21. The molecule has 0 amide bonds. The quantitative estimate of drug-likeness (QED) is 0.327. The largest absolute Gasteiger partial charge is 0.462 e. The molecule has 0 bridgehead atoms. The maximum atomic E-state index is 11.9. The summed E-state index contributed by atoms with van der Waals surface area (Å²) in [5, 5.41) is 11.1. The van der Waals surface area contributed by atoms with Crippen LogP contribution in [-0.4, -0.2) is 37.4 Å². The van der Waals surface area contributed by atoms with Crippen molar-refractivity contribution in [2.24, 2.45) is 0 Å². The summed E-state index contributed by atoms with van der Waals surface area (Å²) in [5.41, 5.74) is -0.326. The van der Waals surface area contributed by atoms with Crippen LogP contribution in [0.5, 0.6) is 0 Å². The van der Waals surface area contributed by atoms with Gasteiger partial charge in [-0.05, 0) is 37.8 Å². The lowest BCUT2D eigenvalue weighted by molar-refractivity contribution is -0.388. The number of nitro benzene ring substituents is 1. The smallest absolute Gasteiger partial charge is 0.316 e. The second-order valence-electron chi connectivity index (χ2n) is 5.70. The highest BCUT2D eigenvalue weighted by Gasteiger charge is 2.21. The van der Waals surface area contributed by atoms with E-state index in [4.69, 9.17) is 4.74 Å². The van der Waals surface area contributed by atoms with Crippen LogP contribution < -0.4 is 0 Å². The van der Waals surface area contributed by atoms with E-state index in [9.17, 15) is 23.3 Å². The van der Waals surface area contributed by atoms with Crippen LogP contribution in [0.25, 0.3) is 0 Å². The Hall–Kier alpha value is -1.61. The van der Waals surface area contributed by atoms with Gasteiger partial charge in [0.2, 0.25) is 0 Å². The van der Waals surface area contributed by atoms with Gasteiger partial charge in [0.25, 0.3) is 5.69 Å². The van der Waals surface area contributed by atoms with E-state index in [0.717, 1.165) is 56.2 Å². The molecule has 0 N–H and O–H groups in total. The second-order valence-corrected chi connectivity index (χ2v) is 8.73. The van der Waals surface area contributed by atoms with Crippen LogP contribution in [0.3, 0.4) is 0 Å². The minimum Gasteiger partial charge on any atom is -0.462 e. The van der Waals surface area contributed by atoms with Crippen molar-refractivity contribution in [2.45, 2.75) is 48.0 Å². The molecule has 24 heavy (non-hydrogen) atoms. The van der Waals surface area contributed by atoms with Crippen LogP contribution in [0, 0.1) is 10.1 Å². The van der Waals surface area contributed by atoms with Gasteiger partial charge in [-0.2, -0.15) is 0 Å². The molecular formula is C15H19NO6S2. The predicted molar refractivity (Wildman–Crippen MR) is 89.9 cm³/mol. The summed E-state index contributed by atoms with van der Waals surface area (Å²) in [4.78, 5) is 22.5. The average Bonchev–Trinajstić information content (AvgIpc) is 2.52. The number of nitrogens with zero attached hydrogens (tertiary/aromatic N) is 1. The molecule has 0 atom stereocenters. The Bertz CT molecular complexity index is 725. The molecular weight excluding hydrogens is 354 g/mol. The highest BCUT2D eigenvalue weighted by Crippen LogP contribution is 2.32. The standard InChI is InChI=1S/C15H19NO6S2/c1-24(20,21)12-7-8-14(13(9-12)16(18)19)23-10-15(17)22-11-5-3-2-4-6-11/h7-9,11H,2-6,10H2,1H3. The Morgan fingerprint density at radius 3 is 2.58 bits per heavy atom. The SMILES string of the molecule is CS(=O)(=O)c1ccc(SCC(=O)OC2CCCCC2)c([N+](=O)[O-])c1. The van der Waals surface area contributed by atoms with E-state index in [0.29, 0.717) is 0 Å². The zero-order chi connectivity index (χ0) is 17.7. The van der Waals surface area contributed by atoms with E-state index in [-0.39, 0.29) is 27.3 Å². The van der Waals surface area contributed by atoms with Gasteiger partial charge in [-0.3, -0.25) is 14.9 Å². The number of ether oxygens (including phenoxy) is 1. The Morgan fingerprint density at radius 2 is 2.00 bits per heavy atom. The van der Waals surface area contributed by atoms with Gasteiger partial charge in [-0.1, -0.05) is 6.42 Å². The summed E-state index contributed by atoms with van der Waals surface area (Å²) in [6, 6.07) is 3.67. The number of esters is 1. The fraction of sp³-hybridized carbons (Fsp3) is 0.533. The van der Waals surface area contributed by atoms with Gasteiger partial charge in [0.1, 0.15) is 6.10 Å². The van der Waals surface area contributed by atoms with E-state index < -0.39 is 20.7 Å². The van der Waals surface area contributed by atoms with Gasteiger partial charge in [0.15, 0.2) is 9.84 Å². The third-order valence-electron chi connectivity index (χ3n) is 3.75. The number of nitro groups is 1. The Balaban J connectivity index is 2.03. The zero-order valence-corrected chi connectivity index (χ0v) is 14.9. The molecule has 7 nitrogen and oxygen atoms in total. The number of benzene rings is 1. The number of rotatable bonds is 6. The van der Waals surface area contributed by atoms with Gasteiger partial charge in [-0.25, -0.2) is 8.42 Å². The minimum absolute atomic E-state index is 0.0461. The number of carbonyl (C=O) groups excluding carboxylic acids is 1. The topological polar surface area (TPSA) is 104 Å². The van der Waals surface area contributed by atoms with E-state index in [1.807, 2.05) is 0 Å². The monoisotopic (exact) mass is 373 g/mol. The molecule has 0 heterocycles. The second kappa shape index (κ2) is 7.98. The summed E-state index contributed by atoms with van der Waals surface area (Å²) < 4.78 is 28.4. The van der Waals surface area contributed by atoms with Crippen molar-refractivity contribution in [3.8, 4) is 0 Å². The molecule has 0 saturated heterocycles. The summed E-state index contributed by atoms with van der Waals surface area (Å²) in [5.74, 6) is -0.455. The molecule has 9 heteroatoms. The molecule has 2 rings (SSSR count). The summed E-state index contributed by atoms with van der Waals surface area (Å²) in [6.07, 6.45) is 5.89. The first kappa shape index (κ1) is 18.7. The third kappa shape index (κ3) is 5.20. The molecule has 1 aromatic carbocycles. The molecule has 132 valence electrons. The number of thioether (sulfide) groups is 1. The van der Waals surface area contributed by atoms with Gasteiger partial charge in [0, 0.05) is 12.3 Å². The first-order valence-electron chi connectivity index (χ1n) is 7.58. The van der Waals surface area contributed by atoms with Crippen molar-refractivity contribution in [3.63, 3.8) is 0 Å². The Morgan fingerprint density at radius 1 is 1.33 bits per heavy atom. The van der Waals surface area contributed by atoms with Crippen molar-refractivity contribution in [3.05, 3.63) is 28.3 Å². The highest BCUT2D eigenvalue weighted by molar-refractivity contribution is 8.00. The fourth-order valence-electron chi connectivity index (χ4n) is 2.53. The third-order valence-corrected chi connectivity index (χ3v) is 5.90. The lowest BCUT2D eigenvalue weighted by atomic mass is 9.98. The van der Waals surface area contributed by atoms with E-state index in [1.165, 1.54) is 12.1 Å². The normalized spacial score (nSPS) is 15.9. The maximum Gasteiger partial charge on any atom is 0.316 e. The highest BCUT2D eigenvalue weighted by atomic mass is 32.2. The number of hydrogen-bond acceptors (Lipinski definition) is 7. The lowest BCUT2D eigenvalue weighted by Gasteiger charge is -2.21. The Kier molecular flexibility index (Phi) is 6.22. The Labute approximate surface area is 144 Å². The van der Waals surface area contributed by atoms with Crippen LogP contribution in [0.15, 0.2) is 28.0 Å². The molecule has 1 aliphatic carbocycles. The summed E-state index contributed by atoms with van der Waals surface area (Å²) in [6.45, 7) is 0. The number of hydrogen-bond donors (Lipinski definition) is 0. The van der Waals surface area contributed by atoms with Crippen LogP contribution in [0.4, 0.5) is 5.69 Å². The molecule has 1 aromatic rings. The molecule has 0 spiro atoms. The average molecular weight is 373 g/mol. The predicted octanol–water partition coefficient (Wildman–Crippen LogP) is 2.97. The van der Waals surface area contributed by atoms with Crippen molar-refractivity contribution in [1.29, 1.82) is 0 Å². The van der Waals surface area contributed by atoms with Crippen molar-refractivity contribution in [2.75, 3.05) is 12.0 Å². The summed E-state index contributed by atoms with van der Waals surface area (Å²) in [7, 11) is -3.53. The fourth-order valence-corrected chi connectivity index (χ4v) is 3.96. The molecule has 0 aliphatic heterocycles. The van der Waals surface area contributed by atoms with Crippen LogP contribution in [-0.2, 0) is 19.4 Å². The van der Waals surface area contributed by atoms with Crippen molar-refractivity contribution in [1.82, 2.24) is 0 Å². The molecule has 1 fully saturated rings. The zero-order valence-electron chi connectivity index (χ0n) is 13.3. The van der Waals surface area contributed by atoms with Crippen LogP contribution in [0.2, 0.25) is 0 Å². The minimum atomic E-state index is -3.53. The number of carbonyl (C=O) groups is 1. The molecule has 0 radical (unpaired) electrons. The van der Waals surface area contributed by atoms with E-state index >= 15 is 0 Å².